The summed E-state index contributed by atoms with van der Waals surface area (Å²) in [7, 11) is 0. The maximum atomic E-state index is 9.40. The number of aliphatic hydroxyl groups is 2. The van der Waals surface area contributed by atoms with Gasteiger partial charge in [0.15, 0.2) is 0 Å². The number of nitrogens with one attached hydrogen (secondary N) is 1. The smallest absolute Gasteiger partial charge is 0.128 e. The van der Waals surface area contributed by atoms with Gasteiger partial charge in [0.2, 0.25) is 0 Å². The Morgan fingerprint density at radius 3 is 2.00 bits per heavy atom. The molecule has 0 aromatic heterocycles. The van der Waals surface area contributed by atoms with Crippen LogP contribution < -0.4 is 5.32 Å². The fourth-order valence-electron chi connectivity index (χ4n) is 1.13. The molecule has 0 bridgehead atoms. The predicted octanol–water partition coefficient (Wildman–Crippen LogP) is -0.655. The maximum absolute atomic E-state index is 9.40. The molecule has 3 N–H and O–H groups in total. The summed E-state index contributed by atoms with van der Waals surface area (Å²) in [5.41, 5.74) is 0. The molecular formula is C11H25NO5. The van der Waals surface area contributed by atoms with Gasteiger partial charge >= 0.3 is 0 Å². The van der Waals surface area contributed by atoms with Gasteiger partial charge in [0.05, 0.1) is 46.2 Å². The van der Waals surface area contributed by atoms with Crippen LogP contribution in [0.4, 0.5) is 0 Å². The lowest BCUT2D eigenvalue weighted by molar-refractivity contribution is -0.0215. The summed E-state index contributed by atoms with van der Waals surface area (Å²) < 4.78 is 15.4. The first-order valence-electron chi connectivity index (χ1n) is 5.95. The summed E-state index contributed by atoms with van der Waals surface area (Å²) in [6.45, 7) is 6.40. The Bertz CT molecular complexity index is 157. The van der Waals surface area contributed by atoms with Crippen molar-refractivity contribution >= 4 is 0 Å². The molecule has 0 spiro atoms. The quantitative estimate of drug-likeness (QED) is 0.316. The average molecular weight is 251 g/mol. The predicted molar refractivity (Wildman–Crippen MR) is 63.8 cm³/mol. The Balaban J connectivity index is 3.07. The molecule has 0 aliphatic rings. The highest BCUT2D eigenvalue weighted by Crippen LogP contribution is 1.86. The van der Waals surface area contributed by atoms with Gasteiger partial charge in [-0.1, -0.05) is 0 Å². The van der Waals surface area contributed by atoms with Crippen LogP contribution >= 0.6 is 0 Å². The molecule has 0 aliphatic carbocycles. The van der Waals surface area contributed by atoms with Crippen molar-refractivity contribution in [1.82, 2.24) is 5.32 Å². The minimum Gasteiger partial charge on any atom is -0.394 e. The fraction of sp³-hybridized carbons (Fsp3) is 1.00. The van der Waals surface area contributed by atoms with E-state index >= 15 is 0 Å². The second-order valence-corrected chi connectivity index (χ2v) is 3.86. The molecule has 0 aliphatic heterocycles. The van der Waals surface area contributed by atoms with Crippen LogP contribution in [0.25, 0.3) is 0 Å². The topological polar surface area (TPSA) is 80.2 Å². The minimum atomic E-state index is -0.636. The second-order valence-electron chi connectivity index (χ2n) is 3.86. The third-order valence-corrected chi connectivity index (χ3v) is 1.78. The normalized spacial score (nSPS) is 13.2. The lowest BCUT2D eigenvalue weighted by Gasteiger charge is -2.15. The van der Waals surface area contributed by atoms with E-state index < -0.39 is 6.23 Å². The molecular weight excluding hydrogens is 226 g/mol. The van der Waals surface area contributed by atoms with Crippen LogP contribution in [0.1, 0.15) is 13.8 Å². The zero-order valence-corrected chi connectivity index (χ0v) is 10.7. The van der Waals surface area contributed by atoms with Crippen molar-refractivity contribution in [2.45, 2.75) is 26.1 Å². The van der Waals surface area contributed by atoms with Gasteiger partial charge in [-0.25, -0.2) is 0 Å². The van der Waals surface area contributed by atoms with Crippen molar-refractivity contribution < 1.29 is 24.4 Å². The van der Waals surface area contributed by atoms with E-state index in [4.69, 9.17) is 19.3 Å². The van der Waals surface area contributed by atoms with Gasteiger partial charge in [0, 0.05) is 6.04 Å². The first-order valence-corrected chi connectivity index (χ1v) is 5.95. The van der Waals surface area contributed by atoms with Crippen molar-refractivity contribution in [3.63, 3.8) is 0 Å². The maximum Gasteiger partial charge on any atom is 0.128 e. The third kappa shape index (κ3) is 13.7. The van der Waals surface area contributed by atoms with Gasteiger partial charge in [-0.15, -0.1) is 0 Å². The van der Waals surface area contributed by atoms with Gasteiger partial charge in [0.1, 0.15) is 6.23 Å². The highest BCUT2D eigenvalue weighted by molar-refractivity contribution is 4.56. The fourth-order valence-corrected chi connectivity index (χ4v) is 1.13. The molecule has 0 heterocycles. The zero-order valence-electron chi connectivity index (χ0n) is 10.7. The van der Waals surface area contributed by atoms with E-state index in [1.165, 1.54) is 0 Å². The molecule has 0 radical (unpaired) electrons. The molecule has 17 heavy (non-hydrogen) atoms. The van der Waals surface area contributed by atoms with E-state index in [0.29, 0.717) is 33.0 Å². The zero-order chi connectivity index (χ0) is 12.9. The summed E-state index contributed by atoms with van der Waals surface area (Å²) in [5, 5.41) is 20.8. The van der Waals surface area contributed by atoms with Crippen LogP contribution in [-0.2, 0) is 14.2 Å². The molecule has 6 heteroatoms. The van der Waals surface area contributed by atoms with Gasteiger partial charge in [-0.05, 0) is 13.8 Å². The van der Waals surface area contributed by atoms with E-state index in [0.717, 1.165) is 0 Å². The molecule has 0 amide bonds. The van der Waals surface area contributed by atoms with Gasteiger partial charge in [0.25, 0.3) is 0 Å². The van der Waals surface area contributed by atoms with E-state index in [1.54, 1.807) is 0 Å². The standard InChI is InChI=1S/C11H25NO5/c1-10(2)12-11(14)9-17-8-7-16-6-5-15-4-3-13/h10-14H,3-9H2,1-2H3. The lowest BCUT2D eigenvalue weighted by atomic mass is 10.4. The summed E-state index contributed by atoms with van der Waals surface area (Å²) in [5.74, 6) is 0. The Hall–Kier alpha value is -0.240. The summed E-state index contributed by atoms with van der Waals surface area (Å²) in [6.07, 6.45) is -0.636. The molecule has 0 aromatic rings. The SMILES string of the molecule is CC(C)NC(O)COCCOCCOCCO. The van der Waals surface area contributed by atoms with Crippen molar-refractivity contribution in [1.29, 1.82) is 0 Å². The highest BCUT2D eigenvalue weighted by atomic mass is 16.5. The molecule has 104 valence electrons. The molecule has 0 saturated heterocycles. The Morgan fingerprint density at radius 2 is 1.47 bits per heavy atom. The molecule has 0 fully saturated rings. The Kier molecular flexibility index (Phi) is 12.1. The summed E-state index contributed by atoms with van der Waals surface area (Å²) >= 11 is 0. The van der Waals surface area contributed by atoms with E-state index in [1.807, 2.05) is 13.8 Å². The molecule has 6 nitrogen and oxygen atoms in total. The van der Waals surface area contributed by atoms with Crippen LogP contribution in [0.3, 0.4) is 0 Å². The van der Waals surface area contributed by atoms with Gasteiger partial charge in [-0.3, -0.25) is 5.32 Å². The number of hydrogen-bond donors (Lipinski definition) is 3. The summed E-state index contributed by atoms with van der Waals surface area (Å²) in [4.78, 5) is 0. The van der Waals surface area contributed by atoms with Gasteiger partial charge < -0.3 is 24.4 Å². The van der Waals surface area contributed by atoms with Crippen LogP contribution in [-0.4, -0.2) is 68.7 Å². The van der Waals surface area contributed by atoms with Crippen LogP contribution in [0.15, 0.2) is 0 Å². The van der Waals surface area contributed by atoms with Crippen molar-refractivity contribution in [2.24, 2.45) is 0 Å². The largest absolute Gasteiger partial charge is 0.394 e. The van der Waals surface area contributed by atoms with E-state index in [9.17, 15) is 5.11 Å². The van der Waals surface area contributed by atoms with Crippen LogP contribution in [0.5, 0.6) is 0 Å². The molecule has 0 saturated carbocycles. The molecule has 0 rings (SSSR count). The van der Waals surface area contributed by atoms with E-state index in [2.05, 4.69) is 5.32 Å². The minimum absolute atomic E-state index is 0.0316. The third-order valence-electron chi connectivity index (χ3n) is 1.78. The first-order chi connectivity index (χ1) is 8.16. The number of hydrogen-bond acceptors (Lipinski definition) is 6. The van der Waals surface area contributed by atoms with Crippen molar-refractivity contribution in [3.8, 4) is 0 Å². The first kappa shape index (κ1) is 16.8. The highest BCUT2D eigenvalue weighted by Gasteiger charge is 2.04. The van der Waals surface area contributed by atoms with Crippen molar-refractivity contribution in [2.75, 3.05) is 46.2 Å². The van der Waals surface area contributed by atoms with Crippen molar-refractivity contribution in [3.05, 3.63) is 0 Å². The Labute approximate surface area is 103 Å². The second kappa shape index (κ2) is 12.2. The molecule has 0 aromatic carbocycles. The number of ether oxygens (including phenoxy) is 3. The van der Waals surface area contributed by atoms with E-state index in [-0.39, 0.29) is 19.3 Å². The van der Waals surface area contributed by atoms with Gasteiger partial charge in [-0.2, -0.15) is 0 Å². The lowest BCUT2D eigenvalue weighted by Crippen LogP contribution is -2.38. The monoisotopic (exact) mass is 251 g/mol. The Morgan fingerprint density at radius 1 is 0.941 bits per heavy atom. The summed E-state index contributed by atoms with van der Waals surface area (Å²) in [6, 6.07) is 0.230. The number of rotatable bonds is 12. The van der Waals surface area contributed by atoms with Crippen LogP contribution in [0.2, 0.25) is 0 Å². The molecule has 1 unspecified atom stereocenters. The van der Waals surface area contributed by atoms with Crippen LogP contribution in [0, 0.1) is 0 Å². The molecule has 1 atom stereocenters. The average Bonchev–Trinajstić information content (AvgIpc) is 2.26. The number of aliphatic hydroxyl groups excluding tert-OH is 2.